The predicted octanol–water partition coefficient (Wildman–Crippen LogP) is 1.02. The van der Waals surface area contributed by atoms with Crippen molar-refractivity contribution in [3.8, 4) is 0 Å². The summed E-state index contributed by atoms with van der Waals surface area (Å²) in [7, 11) is -3.56. The lowest BCUT2D eigenvalue weighted by molar-refractivity contribution is -0.127. The van der Waals surface area contributed by atoms with Crippen LogP contribution in [0.25, 0.3) is 6.08 Å². The lowest BCUT2D eigenvalue weighted by atomic mass is 10.3. The van der Waals surface area contributed by atoms with Crippen molar-refractivity contribution in [1.29, 1.82) is 0 Å². The average molecular weight is 358 g/mol. The Morgan fingerprint density at radius 1 is 1.04 bits per heavy atom. The van der Waals surface area contributed by atoms with Gasteiger partial charge < -0.3 is 4.90 Å². The number of carbonyl (C=O) groups excluding carboxylic acids is 1. The Labute approximate surface area is 146 Å². The largest absolute Gasteiger partial charge is 0.337 e. The molecule has 2 aromatic heterocycles. The Bertz CT molecular complexity index is 846. The molecule has 130 valence electrons. The number of hydrogen-bond donors (Lipinski definition) is 0. The van der Waals surface area contributed by atoms with Crippen molar-refractivity contribution in [3.05, 3.63) is 60.7 Å². The Morgan fingerprint density at radius 3 is 2.48 bits per heavy atom. The molecule has 7 nitrogen and oxygen atoms in total. The second-order valence-electron chi connectivity index (χ2n) is 5.51. The highest BCUT2D eigenvalue weighted by Gasteiger charge is 2.29. The molecule has 3 rings (SSSR count). The summed E-state index contributed by atoms with van der Waals surface area (Å²) < 4.78 is 26.5. The molecule has 0 spiro atoms. The third-order valence-corrected chi connectivity index (χ3v) is 5.79. The van der Waals surface area contributed by atoms with Crippen LogP contribution < -0.4 is 0 Å². The zero-order valence-corrected chi connectivity index (χ0v) is 14.3. The SMILES string of the molecule is O=C(C=Cc1ccccn1)N1CCN(S(=O)(=O)c2cccnc2)CC1. The number of piperazine rings is 1. The van der Waals surface area contributed by atoms with Gasteiger partial charge in [-0.25, -0.2) is 8.42 Å². The number of hydrogen-bond acceptors (Lipinski definition) is 5. The minimum absolute atomic E-state index is 0.149. The van der Waals surface area contributed by atoms with Gasteiger partial charge in [0.1, 0.15) is 4.90 Å². The summed E-state index contributed by atoms with van der Waals surface area (Å²) in [6.45, 7) is 1.23. The van der Waals surface area contributed by atoms with Crippen LogP contribution in [0.15, 0.2) is 59.9 Å². The van der Waals surface area contributed by atoms with Gasteiger partial charge in [0.25, 0.3) is 0 Å². The minimum atomic E-state index is -3.56. The zero-order valence-electron chi connectivity index (χ0n) is 13.5. The number of pyridine rings is 2. The van der Waals surface area contributed by atoms with Crippen molar-refractivity contribution in [2.24, 2.45) is 0 Å². The molecule has 25 heavy (non-hydrogen) atoms. The summed E-state index contributed by atoms with van der Waals surface area (Å²) in [6, 6.07) is 8.58. The van der Waals surface area contributed by atoms with Crippen molar-refractivity contribution in [2.45, 2.75) is 4.90 Å². The van der Waals surface area contributed by atoms with Crippen LogP contribution in [0.5, 0.6) is 0 Å². The van der Waals surface area contributed by atoms with Crippen LogP contribution in [0, 0.1) is 0 Å². The summed E-state index contributed by atoms with van der Waals surface area (Å²) in [5.41, 5.74) is 0.702. The van der Waals surface area contributed by atoms with Crippen LogP contribution in [0.1, 0.15) is 5.69 Å². The molecule has 1 amide bonds. The Morgan fingerprint density at radius 2 is 1.84 bits per heavy atom. The maximum absolute atomic E-state index is 12.5. The molecule has 1 saturated heterocycles. The van der Waals surface area contributed by atoms with Gasteiger partial charge >= 0.3 is 0 Å². The topological polar surface area (TPSA) is 83.5 Å². The molecule has 0 radical (unpaired) electrons. The molecule has 0 N–H and O–H groups in total. The van der Waals surface area contributed by atoms with E-state index in [-0.39, 0.29) is 23.9 Å². The summed E-state index contributed by atoms with van der Waals surface area (Å²) in [4.78, 5) is 22.0. The molecule has 8 heteroatoms. The Balaban J connectivity index is 1.60. The standard InChI is InChI=1S/C17H18N4O3S/c22-17(7-6-15-4-1-2-9-19-15)20-10-12-21(13-11-20)25(23,24)16-5-3-8-18-14-16/h1-9,14H,10-13H2. The number of sulfonamides is 1. The third-order valence-electron chi connectivity index (χ3n) is 3.91. The molecule has 3 heterocycles. The van der Waals surface area contributed by atoms with Crippen molar-refractivity contribution in [3.63, 3.8) is 0 Å². The molecule has 0 atom stereocenters. The smallest absolute Gasteiger partial charge is 0.246 e. The van der Waals surface area contributed by atoms with E-state index in [9.17, 15) is 13.2 Å². The highest BCUT2D eigenvalue weighted by Crippen LogP contribution is 2.16. The van der Waals surface area contributed by atoms with E-state index in [0.29, 0.717) is 18.8 Å². The molecule has 0 aromatic carbocycles. The summed E-state index contributed by atoms with van der Waals surface area (Å²) in [5, 5.41) is 0. The minimum Gasteiger partial charge on any atom is -0.337 e. The average Bonchev–Trinajstić information content (AvgIpc) is 2.68. The fraction of sp³-hybridized carbons (Fsp3) is 0.235. The Hall–Kier alpha value is -2.58. The van der Waals surface area contributed by atoms with E-state index < -0.39 is 10.0 Å². The van der Waals surface area contributed by atoms with Crippen molar-refractivity contribution < 1.29 is 13.2 Å². The summed E-state index contributed by atoms with van der Waals surface area (Å²) in [5.74, 6) is -0.149. The van der Waals surface area contributed by atoms with Crippen LogP contribution in [-0.4, -0.2) is 59.7 Å². The second kappa shape index (κ2) is 7.54. The lowest BCUT2D eigenvalue weighted by Gasteiger charge is -2.33. The molecule has 1 aliphatic rings. The van der Waals surface area contributed by atoms with Gasteiger partial charge in [-0.05, 0) is 30.3 Å². The first-order chi connectivity index (χ1) is 12.1. The number of rotatable bonds is 4. The van der Waals surface area contributed by atoms with Gasteiger partial charge in [-0.1, -0.05) is 6.07 Å². The lowest BCUT2D eigenvalue weighted by Crippen LogP contribution is -2.50. The first-order valence-corrected chi connectivity index (χ1v) is 9.29. The molecule has 0 bridgehead atoms. The van der Waals surface area contributed by atoms with E-state index in [1.807, 2.05) is 12.1 Å². The molecule has 0 saturated carbocycles. The fourth-order valence-electron chi connectivity index (χ4n) is 2.53. The van der Waals surface area contributed by atoms with Gasteiger partial charge in [0, 0.05) is 50.8 Å². The summed E-state index contributed by atoms with van der Waals surface area (Å²) >= 11 is 0. The van der Waals surface area contributed by atoms with E-state index >= 15 is 0 Å². The van der Waals surface area contributed by atoms with Gasteiger partial charge in [0.2, 0.25) is 15.9 Å². The number of carbonyl (C=O) groups is 1. The quantitative estimate of drug-likeness (QED) is 0.762. The van der Waals surface area contributed by atoms with Crippen LogP contribution in [0.3, 0.4) is 0 Å². The van der Waals surface area contributed by atoms with Gasteiger partial charge in [0.15, 0.2) is 0 Å². The van der Waals surface area contributed by atoms with E-state index in [4.69, 9.17) is 0 Å². The van der Waals surface area contributed by atoms with E-state index in [2.05, 4.69) is 9.97 Å². The van der Waals surface area contributed by atoms with Gasteiger partial charge in [-0.2, -0.15) is 4.31 Å². The Kier molecular flexibility index (Phi) is 5.20. The molecule has 0 aliphatic carbocycles. The summed E-state index contributed by atoms with van der Waals surface area (Å²) in [6.07, 6.45) is 7.65. The molecule has 1 aliphatic heterocycles. The third kappa shape index (κ3) is 4.09. The van der Waals surface area contributed by atoms with Crippen molar-refractivity contribution in [1.82, 2.24) is 19.2 Å². The monoisotopic (exact) mass is 358 g/mol. The normalized spacial score (nSPS) is 16.2. The van der Waals surface area contributed by atoms with Gasteiger partial charge in [-0.15, -0.1) is 0 Å². The van der Waals surface area contributed by atoms with Crippen LogP contribution >= 0.6 is 0 Å². The number of aromatic nitrogens is 2. The van der Waals surface area contributed by atoms with Gasteiger partial charge in [-0.3, -0.25) is 14.8 Å². The van der Waals surface area contributed by atoms with Gasteiger partial charge in [0.05, 0.1) is 5.69 Å². The highest BCUT2D eigenvalue weighted by molar-refractivity contribution is 7.89. The van der Waals surface area contributed by atoms with Crippen LogP contribution in [0.2, 0.25) is 0 Å². The van der Waals surface area contributed by atoms with Crippen molar-refractivity contribution in [2.75, 3.05) is 26.2 Å². The maximum Gasteiger partial charge on any atom is 0.246 e. The first-order valence-electron chi connectivity index (χ1n) is 7.85. The zero-order chi connectivity index (χ0) is 17.7. The first kappa shape index (κ1) is 17.2. The number of nitrogens with zero attached hydrogens (tertiary/aromatic N) is 4. The molecular weight excluding hydrogens is 340 g/mol. The van der Waals surface area contributed by atoms with E-state index in [1.54, 1.807) is 29.3 Å². The van der Waals surface area contributed by atoms with E-state index in [0.717, 1.165) is 0 Å². The van der Waals surface area contributed by atoms with E-state index in [1.165, 1.54) is 28.8 Å². The van der Waals surface area contributed by atoms with Crippen molar-refractivity contribution >= 4 is 22.0 Å². The highest BCUT2D eigenvalue weighted by atomic mass is 32.2. The molecule has 2 aromatic rings. The second-order valence-corrected chi connectivity index (χ2v) is 7.44. The van der Waals surface area contributed by atoms with Crippen LogP contribution in [0.4, 0.5) is 0 Å². The number of amides is 1. The molecular formula is C17H18N4O3S. The fourth-order valence-corrected chi connectivity index (χ4v) is 3.92. The molecule has 1 fully saturated rings. The maximum atomic E-state index is 12.5. The molecule has 0 unspecified atom stereocenters. The van der Waals surface area contributed by atoms with Crippen LogP contribution in [-0.2, 0) is 14.8 Å². The predicted molar refractivity (Wildman–Crippen MR) is 92.8 cm³/mol.